The first-order chi connectivity index (χ1) is 26.0. The number of thioether (sulfide) groups is 1. The molecule has 8 rings (SSSR count). The summed E-state index contributed by atoms with van der Waals surface area (Å²) in [6.07, 6.45) is 0.160. The molecule has 2 N–H and O–H groups in total. The van der Waals surface area contributed by atoms with E-state index < -0.39 is 6.29 Å². The molecule has 1 aliphatic rings. The first-order valence-corrected chi connectivity index (χ1v) is 18.4. The van der Waals surface area contributed by atoms with E-state index in [9.17, 15) is 9.90 Å². The summed E-state index contributed by atoms with van der Waals surface area (Å²) >= 11 is 1.50. The lowest BCUT2D eigenvalue weighted by Gasteiger charge is -2.41. The number of oxazole rings is 1. The summed E-state index contributed by atoms with van der Waals surface area (Å²) in [5.74, 6) is 0.844. The summed E-state index contributed by atoms with van der Waals surface area (Å²) in [6.45, 7) is 2.08. The van der Waals surface area contributed by atoms with Gasteiger partial charge in [-0.2, -0.15) is 0 Å². The van der Waals surface area contributed by atoms with Crippen LogP contribution in [-0.2, 0) is 16.1 Å². The smallest absolute Gasteiger partial charge is 0.275 e. The monoisotopic (exact) mass is 720 g/mol. The van der Waals surface area contributed by atoms with Gasteiger partial charge in [0.05, 0.1) is 36.0 Å². The normalized spacial score (nSPS) is 18.5. The third-order valence-electron chi connectivity index (χ3n) is 9.28. The molecule has 264 valence electrons. The van der Waals surface area contributed by atoms with Gasteiger partial charge in [0.2, 0.25) is 0 Å². The van der Waals surface area contributed by atoms with Crippen LogP contribution in [0, 0.1) is 5.92 Å². The summed E-state index contributed by atoms with van der Waals surface area (Å²) in [7, 11) is 0. The Bertz CT molecular complexity index is 2280. The number of ether oxygens (including phenoxy) is 2. The molecule has 0 aliphatic carbocycles. The van der Waals surface area contributed by atoms with Gasteiger partial charge in [-0.1, -0.05) is 128 Å². The van der Waals surface area contributed by atoms with Crippen LogP contribution in [0.15, 0.2) is 149 Å². The zero-order chi connectivity index (χ0) is 36.1. The van der Waals surface area contributed by atoms with Crippen molar-refractivity contribution in [3.05, 3.63) is 162 Å². The van der Waals surface area contributed by atoms with Crippen LogP contribution in [0.1, 0.15) is 46.5 Å². The molecule has 7 aromatic rings. The second-order valence-corrected chi connectivity index (χ2v) is 13.8. The number of nitrogens with one attached hydrogen (secondary N) is 1. The van der Waals surface area contributed by atoms with Gasteiger partial charge in [0, 0.05) is 34.0 Å². The van der Waals surface area contributed by atoms with Crippen molar-refractivity contribution >= 4 is 34.4 Å². The van der Waals surface area contributed by atoms with Crippen LogP contribution in [0.25, 0.3) is 33.6 Å². The van der Waals surface area contributed by atoms with Gasteiger partial charge in [0.25, 0.3) is 11.1 Å². The topological polar surface area (TPSA) is 120 Å². The maximum atomic E-state index is 13.2. The SMILES string of the molecule is C[C@@H]1[C@H](CSc2nc(-c3ccccc3)c(-c3ccccc3)o2)O[C@H](c2cccc(NC(=O)c3cnc4ccccc4n3)c2)O[C@@H]1c1ccc(CO)cc1. The van der Waals surface area contributed by atoms with Crippen LogP contribution in [0.2, 0.25) is 0 Å². The first-order valence-electron chi connectivity index (χ1n) is 17.4. The Morgan fingerprint density at radius 2 is 1.49 bits per heavy atom. The number of benzene rings is 5. The van der Waals surface area contributed by atoms with E-state index in [2.05, 4.69) is 22.2 Å². The molecule has 10 heteroatoms. The Morgan fingerprint density at radius 3 is 2.25 bits per heavy atom. The van der Waals surface area contributed by atoms with E-state index in [4.69, 9.17) is 18.9 Å². The second kappa shape index (κ2) is 15.5. The number of aromatic nitrogens is 3. The maximum absolute atomic E-state index is 13.2. The van der Waals surface area contributed by atoms with E-state index in [1.54, 1.807) is 0 Å². The molecule has 1 fully saturated rings. The van der Waals surface area contributed by atoms with Gasteiger partial charge in [-0.3, -0.25) is 9.78 Å². The highest BCUT2D eigenvalue weighted by atomic mass is 32.2. The number of carbonyl (C=O) groups is 1. The minimum Gasteiger partial charge on any atom is -0.431 e. The molecule has 1 saturated heterocycles. The molecule has 9 nitrogen and oxygen atoms in total. The van der Waals surface area contributed by atoms with Crippen molar-refractivity contribution in [2.45, 2.75) is 37.3 Å². The van der Waals surface area contributed by atoms with E-state index >= 15 is 0 Å². The van der Waals surface area contributed by atoms with E-state index in [0.717, 1.165) is 39.0 Å². The Morgan fingerprint density at radius 1 is 0.774 bits per heavy atom. The van der Waals surface area contributed by atoms with Gasteiger partial charge in [0.1, 0.15) is 11.4 Å². The summed E-state index contributed by atoms with van der Waals surface area (Å²) in [6, 6.07) is 42.7. The molecule has 53 heavy (non-hydrogen) atoms. The fourth-order valence-corrected chi connectivity index (χ4v) is 7.41. The lowest BCUT2D eigenvalue weighted by atomic mass is 9.91. The van der Waals surface area contributed by atoms with Crippen LogP contribution in [0.5, 0.6) is 0 Å². The van der Waals surface area contributed by atoms with Gasteiger partial charge >= 0.3 is 0 Å². The number of para-hydroxylation sites is 2. The Hall–Kier alpha value is -5.65. The van der Waals surface area contributed by atoms with Gasteiger partial charge in [-0.25, -0.2) is 9.97 Å². The van der Waals surface area contributed by atoms with Crippen molar-refractivity contribution in [3.8, 4) is 22.6 Å². The number of fused-ring (bicyclic) bond motifs is 1. The van der Waals surface area contributed by atoms with Crippen LogP contribution in [0.3, 0.4) is 0 Å². The van der Waals surface area contributed by atoms with E-state index in [1.165, 1.54) is 18.0 Å². The van der Waals surface area contributed by atoms with Gasteiger partial charge in [-0.05, 0) is 35.4 Å². The fourth-order valence-electron chi connectivity index (χ4n) is 6.43. The fraction of sp³-hybridized carbons (Fsp3) is 0.163. The zero-order valence-corrected chi connectivity index (χ0v) is 29.6. The summed E-state index contributed by atoms with van der Waals surface area (Å²) in [5, 5.41) is 13.2. The van der Waals surface area contributed by atoms with Crippen LogP contribution < -0.4 is 5.32 Å². The van der Waals surface area contributed by atoms with Crippen molar-refractivity contribution in [1.82, 2.24) is 15.0 Å². The number of rotatable bonds is 10. The summed E-state index contributed by atoms with van der Waals surface area (Å²) < 4.78 is 19.8. The highest BCUT2D eigenvalue weighted by molar-refractivity contribution is 7.99. The molecule has 3 heterocycles. The predicted octanol–water partition coefficient (Wildman–Crippen LogP) is 9.28. The zero-order valence-electron chi connectivity index (χ0n) is 28.8. The number of aliphatic hydroxyl groups excluding tert-OH is 1. The summed E-state index contributed by atoms with van der Waals surface area (Å²) in [4.78, 5) is 27.1. The van der Waals surface area contributed by atoms with Crippen molar-refractivity contribution in [3.63, 3.8) is 0 Å². The number of hydrogen-bond acceptors (Lipinski definition) is 9. The van der Waals surface area contributed by atoms with E-state index in [0.29, 0.717) is 27.9 Å². The van der Waals surface area contributed by atoms with Crippen molar-refractivity contribution < 1.29 is 23.8 Å². The van der Waals surface area contributed by atoms with Gasteiger partial charge < -0.3 is 24.3 Å². The highest BCUT2D eigenvalue weighted by Crippen LogP contribution is 2.44. The van der Waals surface area contributed by atoms with E-state index in [-0.39, 0.29) is 36.3 Å². The molecule has 0 spiro atoms. The molecule has 2 aromatic heterocycles. The third kappa shape index (κ3) is 7.62. The molecule has 0 unspecified atom stereocenters. The highest BCUT2D eigenvalue weighted by Gasteiger charge is 2.39. The molecule has 0 radical (unpaired) electrons. The third-order valence-corrected chi connectivity index (χ3v) is 10.2. The van der Waals surface area contributed by atoms with Gasteiger partial charge in [0.15, 0.2) is 12.1 Å². The minimum atomic E-state index is -0.735. The molecule has 0 bridgehead atoms. The van der Waals surface area contributed by atoms with Crippen molar-refractivity contribution in [1.29, 1.82) is 0 Å². The molecule has 4 atom stereocenters. The average molecular weight is 721 g/mol. The first kappa shape index (κ1) is 34.4. The van der Waals surface area contributed by atoms with Crippen molar-refractivity contribution in [2.75, 3.05) is 11.1 Å². The number of nitrogens with zero attached hydrogens (tertiary/aromatic N) is 3. The second-order valence-electron chi connectivity index (χ2n) is 12.8. The Labute approximate surface area is 311 Å². The molecule has 1 amide bonds. The summed E-state index contributed by atoms with van der Waals surface area (Å²) in [5.41, 5.74) is 7.42. The lowest BCUT2D eigenvalue weighted by molar-refractivity contribution is -0.268. The quantitative estimate of drug-likeness (QED) is 0.133. The Kier molecular flexibility index (Phi) is 10.1. The maximum Gasteiger partial charge on any atom is 0.275 e. The number of hydrogen-bond donors (Lipinski definition) is 2. The predicted molar refractivity (Wildman–Crippen MR) is 205 cm³/mol. The van der Waals surface area contributed by atoms with Crippen LogP contribution in [-0.4, -0.2) is 37.8 Å². The largest absolute Gasteiger partial charge is 0.431 e. The molecule has 1 aliphatic heterocycles. The molecular weight excluding hydrogens is 685 g/mol. The van der Waals surface area contributed by atoms with E-state index in [1.807, 2.05) is 133 Å². The number of carbonyl (C=O) groups excluding carboxylic acids is 1. The number of amides is 1. The van der Waals surface area contributed by atoms with Gasteiger partial charge in [-0.15, -0.1) is 0 Å². The standard InChI is InChI=1S/C43H36N4O5S/c1-27-37(26-53-43-47-38(29-11-4-2-5-12-29)40(52-43)30-13-6-3-7-14-30)50-42(51-39(27)31-21-19-28(25-48)20-22-31)32-15-10-16-33(23-32)45-41(49)36-24-44-34-17-8-9-18-35(34)46-36/h2-24,27,37,39,42,48H,25-26H2,1H3,(H,45,49)/t27-,37+,39+,42+/m1/s1. The molecular formula is C43H36N4O5S. The number of aliphatic hydroxyl groups is 1. The number of anilines is 1. The molecule has 0 saturated carbocycles. The lowest BCUT2D eigenvalue weighted by Crippen LogP contribution is -2.38. The molecule has 5 aromatic carbocycles. The Balaban J connectivity index is 1.06. The van der Waals surface area contributed by atoms with Crippen LogP contribution >= 0.6 is 11.8 Å². The van der Waals surface area contributed by atoms with Crippen molar-refractivity contribution in [2.24, 2.45) is 5.92 Å². The van der Waals surface area contributed by atoms with Crippen LogP contribution in [0.4, 0.5) is 5.69 Å². The average Bonchev–Trinajstić information content (AvgIpc) is 3.65. The minimum absolute atomic E-state index is 0.0399.